The van der Waals surface area contributed by atoms with Gasteiger partial charge < -0.3 is 10.4 Å². The zero-order chi connectivity index (χ0) is 19.0. The van der Waals surface area contributed by atoms with Crippen LogP contribution in [0.3, 0.4) is 0 Å². The molecule has 4 rings (SSSR count). The van der Waals surface area contributed by atoms with Crippen LogP contribution in [-0.2, 0) is 12.0 Å². The number of amides is 1. The standard InChI is InChI=1S/C21H24ClN3O2/c1-24(20(26)27)19-16(22)7-8-17-18(19)21(14-23-17)9-11-25(12-10-21)13-15-5-3-2-4-6-15/h2-8,23H,9-14H2,1H3,(H,26,27). The molecular formula is C21H24ClN3O2. The van der Waals surface area contributed by atoms with Crippen LogP contribution in [0.25, 0.3) is 0 Å². The first-order valence-corrected chi connectivity index (χ1v) is 9.68. The van der Waals surface area contributed by atoms with E-state index in [9.17, 15) is 9.90 Å². The molecule has 2 heterocycles. The van der Waals surface area contributed by atoms with Crippen LogP contribution in [0.2, 0.25) is 5.02 Å². The lowest BCUT2D eigenvalue weighted by molar-refractivity contribution is 0.162. The van der Waals surface area contributed by atoms with Gasteiger partial charge in [0.25, 0.3) is 0 Å². The van der Waals surface area contributed by atoms with Gasteiger partial charge in [0.15, 0.2) is 0 Å². The second-order valence-corrected chi connectivity index (χ2v) is 7.96. The van der Waals surface area contributed by atoms with E-state index in [2.05, 4.69) is 34.5 Å². The lowest BCUT2D eigenvalue weighted by atomic mass is 9.73. The summed E-state index contributed by atoms with van der Waals surface area (Å²) in [6, 6.07) is 14.3. The zero-order valence-corrected chi connectivity index (χ0v) is 16.2. The molecule has 2 N–H and O–H groups in total. The van der Waals surface area contributed by atoms with Gasteiger partial charge in [-0.1, -0.05) is 41.9 Å². The van der Waals surface area contributed by atoms with Crippen molar-refractivity contribution in [2.45, 2.75) is 24.8 Å². The van der Waals surface area contributed by atoms with Crippen LogP contribution < -0.4 is 10.2 Å². The lowest BCUT2D eigenvalue weighted by Crippen LogP contribution is -2.44. The van der Waals surface area contributed by atoms with Crippen LogP contribution in [0.4, 0.5) is 16.2 Å². The molecule has 2 aromatic rings. The van der Waals surface area contributed by atoms with Crippen LogP contribution in [0.5, 0.6) is 0 Å². The van der Waals surface area contributed by atoms with Crippen molar-refractivity contribution in [3.8, 4) is 0 Å². The number of piperidine rings is 1. The topological polar surface area (TPSA) is 55.8 Å². The number of likely N-dealkylation sites (tertiary alicyclic amines) is 1. The first kappa shape index (κ1) is 18.1. The summed E-state index contributed by atoms with van der Waals surface area (Å²) >= 11 is 6.44. The molecule has 2 aromatic carbocycles. The monoisotopic (exact) mass is 385 g/mol. The van der Waals surface area contributed by atoms with E-state index < -0.39 is 6.09 Å². The number of hydrogen-bond acceptors (Lipinski definition) is 3. The molecule has 0 aromatic heterocycles. The second kappa shape index (κ2) is 7.06. The van der Waals surface area contributed by atoms with Crippen molar-refractivity contribution < 1.29 is 9.90 Å². The van der Waals surface area contributed by atoms with Gasteiger partial charge >= 0.3 is 6.09 Å². The Balaban J connectivity index is 1.59. The number of benzene rings is 2. The van der Waals surface area contributed by atoms with Gasteiger partial charge in [-0.3, -0.25) is 9.80 Å². The van der Waals surface area contributed by atoms with Gasteiger partial charge in [-0.2, -0.15) is 0 Å². The SMILES string of the molecule is CN(C(=O)O)c1c(Cl)ccc2c1C1(CCN(Cc3ccccc3)CC1)CN2. The molecule has 0 atom stereocenters. The first-order valence-electron chi connectivity index (χ1n) is 9.30. The summed E-state index contributed by atoms with van der Waals surface area (Å²) in [7, 11) is 1.57. The molecule has 27 heavy (non-hydrogen) atoms. The van der Waals surface area contributed by atoms with Crippen molar-refractivity contribution in [3.05, 3.63) is 58.6 Å². The number of anilines is 2. The van der Waals surface area contributed by atoms with Gasteiger partial charge in [0, 0.05) is 36.8 Å². The van der Waals surface area contributed by atoms with Gasteiger partial charge in [-0.15, -0.1) is 0 Å². The summed E-state index contributed by atoms with van der Waals surface area (Å²) in [5.74, 6) is 0. The van der Waals surface area contributed by atoms with Crippen LogP contribution in [0.1, 0.15) is 24.0 Å². The normalized spacial score (nSPS) is 18.1. The molecule has 1 spiro atoms. The Morgan fingerprint density at radius 1 is 1.22 bits per heavy atom. The molecule has 0 radical (unpaired) electrons. The number of nitrogens with zero attached hydrogens (tertiary/aromatic N) is 2. The summed E-state index contributed by atoms with van der Waals surface area (Å²) in [5.41, 5.74) is 3.97. The number of nitrogens with one attached hydrogen (secondary N) is 1. The van der Waals surface area contributed by atoms with Gasteiger partial charge in [-0.25, -0.2) is 4.79 Å². The van der Waals surface area contributed by atoms with E-state index in [1.807, 2.05) is 12.1 Å². The summed E-state index contributed by atoms with van der Waals surface area (Å²) in [6.07, 6.45) is 0.982. The van der Waals surface area contributed by atoms with E-state index in [1.54, 1.807) is 13.1 Å². The summed E-state index contributed by atoms with van der Waals surface area (Å²) in [6.45, 7) is 3.76. The highest BCUT2D eigenvalue weighted by Gasteiger charge is 2.44. The Labute approximate surface area is 164 Å². The van der Waals surface area contributed by atoms with E-state index in [-0.39, 0.29) is 5.41 Å². The van der Waals surface area contributed by atoms with Crippen molar-refractivity contribution in [2.75, 3.05) is 36.9 Å². The number of carbonyl (C=O) groups is 1. The zero-order valence-electron chi connectivity index (χ0n) is 15.4. The minimum Gasteiger partial charge on any atom is -0.465 e. The average molecular weight is 386 g/mol. The van der Waals surface area contributed by atoms with Crippen LogP contribution >= 0.6 is 11.6 Å². The fourth-order valence-corrected chi connectivity index (χ4v) is 4.72. The molecular weight excluding hydrogens is 362 g/mol. The Morgan fingerprint density at radius 3 is 2.59 bits per heavy atom. The molecule has 0 saturated carbocycles. The molecule has 0 aliphatic carbocycles. The minimum absolute atomic E-state index is 0.0630. The maximum atomic E-state index is 11.6. The van der Waals surface area contributed by atoms with E-state index in [0.717, 1.165) is 50.3 Å². The summed E-state index contributed by atoms with van der Waals surface area (Å²) in [5, 5.41) is 13.5. The Hall–Kier alpha value is -2.24. The van der Waals surface area contributed by atoms with E-state index in [4.69, 9.17) is 11.6 Å². The Kier molecular flexibility index (Phi) is 4.74. The summed E-state index contributed by atoms with van der Waals surface area (Å²) in [4.78, 5) is 15.3. The molecule has 1 saturated heterocycles. The smallest absolute Gasteiger partial charge is 0.411 e. The van der Waals surface area contributed by atoms with Crippen molar-refractivity contribution in [2.24, 2.45) is 0 Å². The van der Waals surface area contributed by atoms with E-state index in [1.165, 1.54) is 10.5 Å². The largest absolute Gasteiger partial charge is 0.465 e. The molecule has 2 aliphatic heterocycles. The number of rotatable bonds is 3. The van der Waals surface area contributed by atoms with Crippen molar-refractivity contribution in [1.82, 2.24) is 4.90 Å². The number of halogens is 1. The van der Waals surface area contributed by atoms with Crippen molar-refractivity contribution >= 4 is 29.1 Å². The molecule has 5 nitrogen and oxygen atoms in total. The third-order valence-corrected chi connectivity index (χ3v) is 6.27. The maximum Gasteiger partial charge on any atom is 0.411 e. The molecule has 1 fully saturated rings. The van der Waals surface area contributed by atoms with E-state index in [0.29, 0.717) is 10.7 Å². The lowest BCUT2D eigenvalue weighted by Gasteiger charge is -2.40. The third kappa shape index (κ3) is 3.26. The molecule has 0 bridgehead atoms. The predicted molar refractivity (Wildman–Crippen MR) is 109 cm³/mol. The minimum atomic E-state index is -0.992. The number of fused-ring (bicyclic) bond motifs is 2. The summed E-state index contributed by atoms with van der Waals surface area (Å²) < 4.78 is 0. The van der Waals surface area contributed by atoms with Gasteiger partial charge in [0.05, 0.1) is 10.7 Å². The van der Waals surface area contributed by atoms with E-state index >= 15 is 0 Å². The van der Waals surface area contributed by atoms with Gasteiger partial charge in [-0.05, 0) is 43.6 Å². The van der Waals surface area contributed by atoms with Crippen molar-refractivity contribution in [1.29, 1.82) is 0 Å². The predicted octanol–water partition coefficient (Wildman–Crippen LogP) is 4.41. The van der Waals surface area contributed by atoms with Crippen LogP contribution in [0.15, 0.2) is 42.5 Å². The van der Waals surface area contributed by atoms with Gasteiger partial charge in [0.2, 0.25) is 0 Å². The second-order valence-electron chi connectivity index (χ2n) is 7.56. The fourth-order valence-electron chi connectivity index (χ4n) is 4.43. The highest BCUT2D eigenvalue weighted by atomic mass is 35.5. The Bertz CT molecular complexity index is 848. The maximum absolute atomic E-state index is 11.6. The third-order valence-electron chi connectivity index (χ3n) is 5.96. The quantitative estimate of drug-likeness (QED) is 0.821. The van der Waals surface area contributed by atoms with Gasteiger partial charge in [0.1, 0.15) is 0 Å². The number of carboxylic acid groups (broad SMARTS) is 1. The number of hydrogen-bond donors (Lipinski definition) is 2. The average Bonchev–Trinajstić information content (AvgIpc) is 3.02. The molecule has 142 valence electrons. The molecule has 1 amide bonds. The molecule has 2 aliphatic rings. The Morgan fingerprint density at radius 2 is 1.93 bits per heavy atom. The highest BCUT2D eigenvalue weighted by molar-refractivity contribution is 6.34. The fraction of sp³-hybridized carbons (Fsp3) is 0.381. The molecule has 0 unspecified atom stereocenters. The van der Waals surface area contributed by atoms with Crippen LogP contribution in [0, 0.1) is 0 Å². The highest BCUT2D eigenvalue weighted by Crippen LogP contribution is 2.50. The van der Waals surface area contributed by atoms with Crippen LogP contribution in [-0.4, -0.2) is 42.8 Å². The van der Waals surface area contributed by atoms with Crippen molar-refractivity contribution in [3.63, 3.8) is 0 Å². The first-order chi connectivity index (χ1) is 13.0. The molecule has 6 heteroatoms.